The summed E-state index contributed by atoms with van der Waals surface area (Å²) >= 11 is 0. The first-order chi connectivity index (χ1) is 18.3. The minimum atomic E-state index is -0.936. The number of nitrogens with zero attached hydrogens (tertiary/aromatic N) is 1. The van der Waals surface area contributed by atoms with Gasteiger partial charge >= 0.3 is 0 Å². The van der Waals surface area contributed by atoms with E-state index in [9.17, 15) is 9.90 Å². The molecule has 38 heavy (non-hydrogen) atoms. The van der Waals surface area contributed by atoms with Gasteiger partial charge in [0.15, 0.2) is 0 Å². The molecule has 3 N–H and O–H groups in total. The molecule has 0 bridgehead atoms. The smallest absolute Gasteiger partial charge is 0.251 e. The van der Waals surface area contributed by atoms with Crippen molar-refractivity contribution < 1.29 is 19.4 Å². The third-order valence-electron chi connectivity index (χ3n) is 9.13. The van der Waals surface area contributed by atoms with Crippen molar-refractivity contribution in [3.63, 3.8) is 0 Å². The molecule has 3 heterocycles. The predicted octanol–water partition coefficient (Wildman–Crippen LogP) is 4.73. The number of carbonyl (C=O) groups excluding carboxylic acids is 1. The maximum absolute atomic E-state index is 12.7. The van der Waals surface area contributed by atoms with E-state index in [2.05, 4.69) is 53.3 Å². The molecule has 1 spiro atoms. The zero-order valence-electron chi connectivity index (χ0n) is 22.7. The first-order valence-corrected chi connectivity index (χ1v) is 13.8. The fraction of sp³-hybridized carbons (Fsp3) is 0.516. The Morgan fingerprint density at radius 2 is 1.97 bits per heavy atom. The summed E-state index contributed by atoms with van der Waals surface area (Å²) < 4.78 is 10.9. The van der Waals surface area contributed by atoms with Crippen molar-refractivity contribution in [3.05, 3.63) is 64.8 Å². The van der Waals surface area contributed by atoms with Crippen molar-refractivity contribution in [1.82, 2.24) is 15.2 Å². The van der Waals surface area contributed by atoms with E-state index >= 15 is 0 Å². The lowest BCUT2D eigenvalue weighted by Gasteiger charge is -2.54. The summed E-state index contributed by atoms with van der Waals surface area (Å²) in [5, 5.41) is 14.3. The number of hydrogen-bond donors (Lipinski definition) is 3. The molecule has 0 radical (unpaired) electrons. The van der Waals surface area contributed by atoms with Gasteiger partial charge in [0.2, 0.25) is 0 Å². The maximum atomic E-state index is 12.7. The number of piperidine rings is 1. The summed E-state index contributed by atoms with van der Waals surface area (Å²) in [6.45, 7) is 7.09. The van der Waals surface area contributed by atoms with Gasteiger partial charge in [0.05, 0.1) is 26.9 Å². The fourth-order valence-corrected chi connectivity index (χ4v) is 7.11. The number of benzene rings is 2. The summed E-state index contributed by atoms with van der Waals surface area (Å²) in [4.78, 5) is 18.7. The quantitative estimate of drug-likeness (QED) is 0.422. The molecule has 6 rings (SSSR count). The first-order valence-electron chi connectivity index (χ1n) is 13.8. The molecule has 1 aromatic heterocycles. The Bertz CT molecular complexity index is 1320. The van der Waals surface area contributed by atoms with Gasteiger partial charge in [-0.1, -0.05) is 19.1 Å². The Morgan fingerprint density at radius 3 is 2.63 bits per heavy atom. The molecule has 202 valence electrons. The third kappa shape index (κ3) is 4.61. The molecule has 1 aliphatic carbocycles. The van der Waals surface area contributed by atoms with Gasteiger partial charge in [-0.25, -0.2) is 0 Å². The first kappa shape index (κ1) is 25.4. The Hall–Kier alpha value is -2.87. The highest BCUT2D eigenvalue weighted by molar-refractivity contribution is 5.94. The van der Waals surface area contributed by atoms with Crippen LogP contribution in [0.5, 0.6) is 5.75 Å². The number of H-pyrrole nitrogens is 1. The number of aromatic nitrogens is 1. The minimum absolute atomic E-state index is 0.166. The molecular weight excluding hydrogens is 478 g/mol. The summed E-state index contributed by atoms with van der Waals surface area (Å²) in [6, 6.07) is 12.7. The lowest BCUT2D eigenvalue weighted by atomic mass is 9.56. The van der Waals surface area contributed by atoms with Crippen LogP contribution in [0.3, 0.4) is 0 Å². The largest absolute Gasteiger partial charge is 0.496 e. The molecule has 2 aromatic carbocycles. The number of hydrogen-bond acceptors (Lipinski definition) is 5. The lowest BCUT2D eigenvalue weighted by molar-refractivity contribution is -0.173. The molecule has 0 unspecified atom stereocenters. The summed E-state index contributed by atoms with van der Waals surface area (Å²) in [7, 11) is 1.76. The van der Waals surface area contributed by atoms with Gasteiger partial charge in [-0.05, 0) is 85.9 Å². The zero-order chi connectivity index (χ0) is 26.5. The van der Waals surface area contributed by atoms with E-state index in [-0.39, 0.29) is 31.7 Å². The number of carbonyl (C=O) groups is 1. The van der Waals surface area contributed by atoms with Crippen molar-refractivity contribution in [2.45, 2.75) is 57.7 Å². The summed E-state index contributed by atoms with van der Waals surface area (Å²) in [5.41, 5.74) is 4.95. The number of aliphatic hydroxyl groups is 1. The molecule has 3 aliphatic rings. The van der Waals surface area contributed by atoms with Crippen molar-refractivity contribution in [2.24, 2.45) is 11.3 Å². The van der Waals surface area contributed by atoms with Gasteiger partial charge in [0, 0.05) is 40.8 Å². The van der Waals surface area contributed by atoms with E-state index in [1.54, 1.807) is 7.11 Å². The highest BCUT2D eigenvalue weighted by Gasteiger charge is 2.47. The predicted molar refractivity (Wildman–Crippen MR) is 147 cm³/mol. The van der Waals surface area contributed by atoms with E-state index in [1.165, 1.54) is 46.9 Å². The standard InChI is InChI=1S/C31H39N3O4/c1-20-13-30(14-20)9-11-34(16-25-24-8-10-32-28(24)21(2)12-27(25)37-3)26(15-30)22-4-6-23(7-5-22)29(35)33-17-31(36)18-38-19-31/h4-8,10,12,20,26,32,36H,9,11,13-19H2,1-3H3,(H,33,35)/t20?,26-,30?/m0/s1. The maximum Gasteiger partial charge on any atom is 0.251 e. The molecule has 3 fully saturated rings. The minimum Gasteiger partial charge on any atom is -0.496 e. The van der Waals surface area contributed by atoms with Gasteiger partial charge in [-0.2, -0.15) is 0 Å². The van der Waals surface area contributed by atoms with Crippen LogP contribution in [-0.2, 0) is 11.3 Å². The van der Waals surface area contributed by atoms with Crippen LogP contribution in [0.15, 0.2) is 42.6 Å². The van der Waals surface area contributed by atoms with Crippen LogP contribution in [0.1, 0.15) is 65.7 Å². The van der Waals surface area contributed by atoms with Crippen molar-refractivity contribution in [3.8, 4) is 5.75 Å². The van der Waals surface area contributed by atoms with Gasteiger partial charge in [-0.15, -0.1) is 0 Å². The van der Waals surface area contributed by atoms with Gasteiger partial charge in [0.1, 0.15) is 11.4 Å². The van der Waals surface area contributed by atoms with Crippen LogP contribution in [0.25, 0.3) is 10.9 Å². The Balaban J connectivity index is 1.25. The topological polar surface area (TPSA) is 86.8 Å². The lowest BCUT2D eigenvalue weighted by Crippen LogP contribution is -2.56. The number of fused-ring (bicyclic) bond motifs is 1. The van der Waals surface area contributed by atoms with E-state index < -0.39 is 5.60 Å². The zero-order valence-corrected chi connectivity index (χ0v) is 22.7. The number of methoxy groups -OCH3 is 1. The van der Waals surface area contributed by atoms with Crippen molar-refractivity contribution >= 4 is 16.8 Å². The van der Waals surface area contributed by atoms with Crippen LogP contribution in [0.2, 0.25) is 0 Å². The van der Waals surface area contributed by atoms with Crippen LogP contribution < -0.4 is 10.1 Å². The average Bonchev–Trinajstić information content (AvgIpc) is 3.38. The van der Waals surface area contributed by atoms with Crippen LogP contribution in [0, 0.1) is 18.3 Å². The second kappa shape index (κ2) is 9.70. The number of likely N-dealkylation sites (tertiary alicyclic amines) is 1. The number of aromatic amines is 1. The van der Waals surface area contributed by atoms with Gasteiger partial charge in [0.25, 0.3) is 5.91 Å². The molecule has 2 saturated heterocycles. The highest BCUT2D eigenvalue weighted by atomic mass is 16.5. The summed E-state index contributed by atoms with van der Waals surface area (Å²) in [5.74, 6) is 1.58. The second-order valence-electron chi connectivity index (χ2n) is 12.1. The third-order valence-corrected chi connectivity index (χ3v) is 9.13. The van der Waals surface area contributed by atoms with Gasteiger partial charge in [-0.3, -0.25) is 9.69 Å². The Labute approximate surface area is 224 Å². The van der Waals surface area contributed by atoms with Crippen molar-refractivity contribution in [1.29, 1.82) is 0 Å². The molecule has 1 atom stereocenters. The number of aryl methyl sites for hydroxylation is 1. The monoisotopic (exact) mass is 517 g/mol. The normalized spacial score (nSPS) is 26.6. The van der Waals surface area contributed by atoms with Crippen LogP contribution in [-0.4, -0.2) is 59.9 Å². The van der Waals surface area contributed by atoms with E-state index in [0.29, 0.717) is 11.0 Å². The number of ether oxygens (including phenoxy) is 2. The van der Waals surface area contributed by atoms with Crippen LogP contribution in [0.4, 0.5) is 0 Å². The second-order valence-corrected chi connectivity index (χ2v) is 12.1. The number of nitrogens with one attached hydrogen (secondary N) is 2. The molecule has 2 aliphatic heterocycles. The van der Waals surface area contributed by atoms with E-state index in [1.807, 2.05) is 18.3 Å². The highest BCUT2D eigenvalue weighted by Crippen LogP contribution is 2.56. The molecule has 1 saturated carbocycles. The average molecular weight is 518 g/mol. The van der Waals surface area contributed by atoms with E-state index in [4.69, 9.17) is 9.47 Å². The number of rotatable bonds is 7. The van der Waals surface area contributed by atoms with Gasteiger partial charge < -0.3 is 24.9 Å². The summed E-state index contributed by atoms with van der Waals surface area (Å²) in [6.07, 6.45) is 6.99. The SMILES string of the molecule is COc1cc(C)c2[nH]ccc2c1CN1CCC2(CC(C)C2)C[C@H]1c1ccc(C(=O)NCC2(O)COC2)cc1. The Morgan fingerprint density at radius 1 is 1.21 bits per heavy atom. The molecule has 1 amide bonds. The Kier molecular flexibility index (Phi) is 6.49. The molecular formula is C31H39N3O4. The fourth-order valence-electron chi connectivity index (χ4n) is 7.11. The molecule has 7 nitrogen and oxygen atoms in total. The molecule has 7 heteroatoms. The van der Waals surface area contributed by atoms with Crippen LogP contribution >= 0.6 is 0 Å². The van der Waals surface area contributed by atoms with E-state index in [0.717, 1.165) is 31.2 Å². The number of amides is 1. The van der Waals surface area contributed by atoms with Crippen molar-refractivity contribution in [2.75, 3.05) is 33.4 Å². The molecule has 3 aromatic rings.